The maximum Gasteiger partial charge on any atom is 0.239 e. The molecule has 0 bridgehead atoms. The van der Waals surface area contributed by atoms with Crippen LogP contribution in [0.4, 0.5) is 4.39 Å². The van der Waals surface area contributed by atoms with Crippen LogP contribution in [0.2, 0.25) is 0 Å². The fraction of sp³-hybridized carbons (Fsp3) is 0.222. The molecule has 1 aromatic carbocycles. The molecule has 27 heavy (non-hydrogen) atoms. The lowest BCUT2D eigenvalue weighted by atomic mass is 10.2. The van der Waals surface area contributed by atoms with E-state index in [0.29, 0.717) is 17.1 Å². The highest BCUT2D eigenvalue weighted by Crippen LogP contribution is 2.16. The van der Waals surface area contributed by atoms with Crippen LogP contribution in [0.5, 0.6) is 0 Å². The molecule has 0 aliphatic carbocycles. The number of hydrogen-bond donors (Lipinski definition) is 2. The number of rotatable bonds is 8. The van der Waals surface area contributed by atoms with E-state index in [1.54, 1.807) is 12.1 Å². The SMILES string of the molecule is O=C(CCc1nc(-c2ccc(F)cc2)no1)NCC(=O)NCc1ccco1. The average molecular weight is 372 g/mol. The van der Waals surface area contributed by atoms with E-state index in [4.69, 9.17) is 8.94 Å². The number of aryl methyl sites for hydroxylation is 1. The van der Waals surface area contributed by atoms with Crippen LogP contribution in [-0.4, -0.2) is 28.5 Å². The Hall–Kier alpha value is -3.49. The van der Waals surface area contributed by atoms with Crippen molar-refractivity contribution in [2.24, 2.45) is 0 Å². The van der Waals surface area contributed by atoms with Crippen LogP contribution in [0, 0.1) is 5.82 Å². The van der Waals surface area contributed by atoms with Crippen molar-refractivity contribution in [3.05, 3.63) is 60.1 Å². The lowest BCUT2D eigenvalue weighted by Crippen LogP contribution is -2.36. The molecule has 0 atom stereocenters. The Labute approximate surface area is 153 Å². The topological polar surface area (TPSA) is 110 Å². The summed E-state index contributed by atoms with van der Waals surface area (Å²) in [6.45, 7) is 0.125. The van der Waals surface area contributed by atoms with Crippen LogP contribution in [0.1, 0.15) is 18.1 Å². The maximum absolute atomic E-state index is 12.9. The normalized spacial score (nSPS) is 10.6. The third kappa shape index (κ3) is 5.50. The van der Waals surface area contributed by atoms with Gasteiger partial charge in [-0.05, 0) is 36.4 Å². The number of nitrogens with zero attached hydrogens (tertiary/aromatic N) is 2. The molecule has 8 nitrogen and oxygen atoms in total. The molecule has 9 heteroatoms. The van der Waals surface area contributed by atoms with Crippen LogP contribution in [0.3, 0.4) is 0 Å². The van der Waals surface area contributed by atoms with Gasteiger partial charge in [0, 0.05) is 18.4 Å². The molecule has 2 heterocycles. The minimum Gasteiger partial charge on any atom is -0.467 e. The van der Waals surface area contributed by atoms with Gasteiger partial charge in [0.15, 0.2) is 0 Å². The molecule has 0 saturated carbocycles. The molecule has 2 aromatic heterocycles. The van der Waals surface area contributed by atoms with E-state index in [2.05, 4.69) is 20.8 Å². The zero-order valence-corrected chi connectivity index (χ0v) is 14.3. The van der Waals surface area contributed by atoms with Crippen LogP contribution in [0.25, 0.3) is 11.4 Å². The molecule has 0 aliphatic rings. The number of carbonyl (C=O) groups is 2. The smallest absolute Gasteiger partial charge is 0.239 e. The number of carbonyl (C=O) groups excluding carboxylic acids is 2. The zero-order chi connectivity index (χ0) is 19.1. The van der Waals surface area contributed by atoms with E-state index in [9.17, 15) is 14.0 Å². The van der Waals surface area contributed by atoms with E-state index < -0.39 is 0 Å². The molecular formula is C18H17FN4O4. The summed E-state index contributed by atoms with van der Waals surface area (Å²) in [4.78, 5) is 27.7. The Morgan fingerprint density at radius 3 is 2.63 bits per heavy atom. The third-order valence-corrected chi connectivity index (χ3v) is 3.62. The van der Waals surface area contributed by atoms with Gasteiger partial charge in [-0.25, -0.2) is 4.39 Å². The summed E-state index contributed by atoms with van der Waals surface area (Å²) in [5.74, 6) is 0.241. The van der Waals surface area contributed by atoms with E-state index in [-0.39, 0.29) is 49.5 Å². The molecule has 2 N–H and O–H groups in total. The summed E-state index contributed by atoms with van der Waals surface area (Å²) in [6, 6.07) is 9.15. The van der Waals surface area contributed by atoms with Crippen molar-refractivity contribution in [1.82, 2.24) is 20.8 Å². The fourth-order valence-corrected chi connectivity index (χ4v) is 2.22. The molecule has 0 aliphatic heterocycles. The second-order valence-electron chi connectivity index (χ2n) is 5.65. The Morgan fingerprint density at radius 2 is 1.89 bits per heavy atom. The van der Waals surface area contributed by atoms with Crippen molar-refractivity contribution < 1.29 is 22.9 Å². The van der Waals surface area contributed by atoms with Gasteiger partial charge in [-0.15, -0.1) is 0 Å². The van der Waals surface area contributed by atoms with Gasteiger partial charge in [0.05, 0.1) is 19.4 Å². The van der Waals surface area contributed by atoms with Crippen LogP contribution in [0.15, 0.2) is 51.6 Å². The number of benzene rings is 1. The first-order valence-electron chi connectivity index (χ1n) is 8.24. The number of nitrogens with one attached hydrogen (secondary N) is 2. The summed E-state index contributed by atoms with van der Waals surface area (Å²) in [5.41, 5.74) is 0.615. The first kappa shape index (κ1) is 18.3. The Morgan fingerprint density at radius 1 is 1.07 bits per heavy atom. The molecule has 0 radical (unpaired) electrons. The van der Waals surface area contributed by atoms with Crippen LogP contribution < -0.4 is 10.6 Å². The molecule has 0 unspecified atom stereocenters. The van der Waals surface area contributed by atoms with E-state index in [1.165, 1.54) is 30.5 Å². The van der Waals surface area contributed by atoms with Crippen molar-refractivity contribution in [1.29, 1.82) is 0 Å². The average Bonchev–Trinajstić information content (AvgIpc) is 3.35. The summed E-state index contributed by atoms with van der Waals surface area (Å²) >= 11 is 0. The first-order valence-corrected chi connectivity index (χ1v) is 8.24. The zero-order valence-electron chi connectivity index (χ0n) is 14.3. The largest absolute Gasteiger partial charge is 0.467 e. The number of hydrogen-bond acceptors (Lipinski definition) is 6. The highest BCUT2D eigenvalue weighted by atomic mass is 19.1. The minimum absolute atomic E-state index is 0.0938. The van der Waals surface area contributed by atoms with Crippen molar-refractivity contribution in [2.75, 3.05) is 6.54 Å². The minimum atomic E-state index is -0.354. The van der Waals surface area contributed by atoms with Gasteiger partial charge in [0.25, 0.3) is 0 Å². The number of halogens is 1. The van der Waals surface area contributed by atoms with Gasteiger partial charge in [0.1, 0.15) is 11.6 Å². The molecule has 140 valence electrons. The Bertz CT molecular complexity index is 890. The van der Waals surface area contributed by atoms with Gasteiger partial charge in [-0.2, -0.15) is 4.98 Å². The number of furan rings is 1. The van der Waals surface area contributed by atoms with E-state index in [1.807, 2.05) is 0 Å². The molecule has 0 saturated heterocycles. The lowest BCUT2D eigenvalue weighted by molar-refractivity contribution is -0.126. The molecule has 0 fully saturated rings. The van der Waals surface area contributed by atoms with Crippen LogP contribution >= 0.6 is 0 Å². The second-order valence-corrected chi connectivity index (χ2v) is 5.65. The molecule has 3 rings (SSSR count). The van der Waals surface area contributed by atoms with Crippen LogP contribution in [-0.2, 0) is 22.6 Å². The summed E-state index contributed by atoms with van der Waals surface area (Å²) < 4.78 is 23.1. The van der Waals surface area contributed by atoms with Gasteiger partial charge in [-0.1, -0.05) is 5.16 Å². The summed E-state index contributed by atoms with van der Waals surface area (Å²) in [6.07, 6.45) is 1.84. The Balaban J connectivity index is 1.39. The quantitative estimate of drug-likeness (QED) is 0.624. The molecule has 3 aromatic rings. The standard InChI is InChI=1S/C18H17FN4O4/c19-13-5-3-12(4-6-13)18-22-17(27-23-18)8-7-15(24)21-11-16(25)20-10-14-2-1-9-26-14/h1-6,9H,7-8,10-11H2,(H,20,25)(H,21,24). The van der Waals surface area contributed by atoms with Crippen molar-refractivity contribution in [3.8, 4) is 11.4 Å². The number of amides is 2. The van der Waals surface area contributed by atoms with Crippen molar-refractivity contribution >= 4 is 11.8 Å². The van der Waals surface area contributed by atoms with Crippen molar-refractivity contribution in [2.45, 2.75) is 19.4 Å². The summed E-state index contributed by atoms with van der Waals surface area (Å²) in [7, 11) is 0. The number of aromatic nitrogens is 2. The Kier molecular flexibility index (Phi) is 5.93. The molecule has 2 amide bonds. The predicted octanol–water partition coefficient (Wildman–Crippen LogP) is 1.83. The third-order valence-electron chi connectivity index (χ3n) is 3.62. The summed E-state index contributed by atoms with van der Waals surface area (Å²) in [5, 5.41) is 8.94. The monoisotopic (exact) mass is 372 g/mol. The molecule has 0 spiro atoms. The van der Waals surface area contributed by atoms with Crippen molar-refractivity contribution in [3.63, 3.8) is 0 Å². The van der Waals surface area contributed by atoms with Gasteiger partial charge in [-0.3, -0.25) is 9.59 Å². The maximum atomic E-state index is 12.9. The van der Waals surface area contributed by atoms with E-state index in [0.717, 1.165) is 0 Å². The first-order chi connectivity index (χ1) is 13.1. The highest BCUT2D eigenvalue weighted by Gasteiger charge is 2.12. The van der Waals surface area contributed by atoms with Gasteiger partial charge >= 0.3 is 0 Å². The van der Waals surface area contributed by atoms with E-state index >= 15 is 0 Å². The second kappa shape index (κ2) is 8.75. The fourth-order valence-electron chi connectivity index (χ4n) is 2.22. The predicted molar refractivity (Wildman–Crippen MR) is 91.6 cm³/mol. The van der Waals surface area contributed by atoms with Gasteiger partial charge < -0.3 is 19.6 Å². The highest BCUT2D eigenvalue weighted by molar-refractivity contribution is 5.84. The molecular weight excluding hydrogens is 355 g/mol. The van der Waals surface area contributed by atoms with Gasteiger partial charge in [0.2, 0.25) is 23.5 Å². The lowest BCUT2D eigenvalue weighted by Gasteiger charge is -2.05.